The first-order valence-corrected chi connectivity index (χ1v) is 9.02. The normalized spacial score (nSPS) is 23.0. The van der Waals surface area contributed by atoms with Gasteiger partial charge >= 0.3 is 0 Å². The maximum absolute atomic E-state index is 10.5. The Kier molecular flexibility index (Phi) is 4.08. The monoisotopic (exact) mass is 346 g/mol. The molecule has 4 rings (SSSR count). The molecule has 0 aromatic carbocycles. The van der Waals surface area contributed by atoms with Gasteiger partial charge in [0.25, 0.3) is 0 Å². The van der Waals surface area contributed by atoms with Crippen LogP contribution in [0.15, 0.2) is 16.8 Å². The molecule has 2 aromatic heterocycles. The lowest BCUT2D eigenvalue weighted by Crippen LogP contribution is -2.50. The zero-order valence-electron chi connectivity index (χ0n) is 15.1. The largest absolute Gasteiger partial charge is 0.483 e. The Labute approximate surface area is 147 Å². The molecule has 1 fully saturated rings. The van der Waals surface area contributed by atoms with Gasteiger partial charge in [-0.3, -0.25) is 9.58 Å². The number of fused-ring (bicyclic) bond motifs is 1. The van der Waals surface area contributed by atoms with Gasteiger partial charge in [0.05, 0.1) is 18.9 Å². The summed E-state index contributed by atoms with van der Waals surface area (Å²) in [4.78, 5) is 6.73. The van der Waals surface area contributed by atoms with Crippen LogP contribution in [0.3, 0.4) is 0 Å². The third-order valence-corrected chi connectivity index (χ3v) is 5.30. The van der Waals surface area contributed by atoms with E-state index in [2.05, 4.69) is 28.8 Å². The first kappa shape index (κ1) is 16.6. The summed E-state index contributed by atoms with van der Waals surface area (Å²) in [5.74, 6) is 2.80. The van der Waals surface area contributed by atoms with E-state index in [1.165, 1.54) is 0 Å². The molecule has 136 valence electrons. The average Bonchev–Trinajstić information content (AvgIpc) is 3.16. The van der Waals surface area contributed by atoms with Crippen LogP contribution in [0.2, 0.25) is 0 Å². The summed E-state index contributed by atoms with van der Waals surface area (Å²) in [6, 6.07) is 0. The van der Waals surface area contributed by atoms with E-state index in [0.29, 0.717) is 18.0 Å². The van der Waals surface area contributed by atoms with Crippen LogP contribution in [0.25, 0.3) is 0 Å². The quantitative estimate of drug-likeness (QED) is 0.919. The molecule has 1 spiro atoms. The number of aliphatic hydroxyl groups excluding tert-OH is 1. The molecule has 0 amide bonds. The molecule has 1 saturated heterocycles. The number of aromatic nitrogens is 3. The summed E-state index contributed by atoms with van der Waals surface area (Å²) in [5, 5.41) is 14.8. The van der Waals surface area contributed by atoms with Gasteiger partial charge in [-0.1, -0.05) is 13.8 Å². The molecule has 7 heteroatoms. The number of hydrogen-bond acceptors (Lipinski definition) is 6. The summed E-state index contributed by atoms with van der Waals surface area (Å²) in [7, 11) is 1.85. The number of likely N-dealkylation sites (tertiary alicyclic amines) is 1. The number of nitrogens with zero attached hydrogens (tertiary/aromatic N) is 4. The van der Waals surface area contributed by atoms with E-state index >= 15 is 0 Å². The van der Waals surface area contributed by atoms with Crippen molar-refractivity contribution in [2.24, 2.45) is 7.05 Å². The van der Waals surface area contributed by atoms with Gasteiger partial charge in [0.2, 0.25) is 5.89 Å². The Hall–Kier alpha value is -1.86. The third-order valence-electron chi connectivity index (χ3n) is 5.30. The fraction of sp³-hybridized carbons (Fsp3) is 0.667. The number of rotatable bonds is 3. The maximum atomic E-state index is 10.5. The second kappa shape index (κ2) is 6.14. The molecule has 0 bridgehead atoms. The zero-order valence-corrected chi connectivity index (χ0v) is 15.1. The molecule has 1 N–H and O–H groups in total. The number of hydrogen-bond donors (Lipinski definition) is 1. The first-order valence-electron chi connectivity index (χ1n) is 9.02. The Morgan fingerprint density at radius 3 is 2.80 bits per heavy atom. The number of aryl methyl sites for hydroxylation is 1. The molecule has 4 heterocycles. The first-order chi connectivity index (χ1) is 11.9. The summed E-state index contributed by atoms with van der Waals surface area (Å²) >= 11 is 0. The van der Waals surface area contributed by atoms with Crippen molar-refractivity contribution < 1.29 is 14.3 Å². The van der Waals surface area contributed by atoms with Crippen molar-refractivity contribution in [2.45, 2.75) is 57.3 Å². The van der Waals surface area contributed by atoms with E-state index in [0.717, 1.165) is 49.9 Å². The fourth-order valence-electron chi connectivity index (χ4n) is 3.80. The minimum absolute atomic E-state index is 0.286. The highest BCUT2D eigenvalue weighted by molar-refractivity contribution is 5.31. The van der Waals surface area contributed by atoms with Gasteiger partial charge in [0, 0.05) is 32.5 Å². The maximum Gasteiger partial charge on any atom is 0.208 e. The lowest BCUT2D eigenvalue weighted by molar-refractivity contribution is -0.0568. The van der Waals surface area contributed by atoms with Crippen LogP contribution in [-0.2, 0) is 13.6 Å². The molecule has 1 atom stereocenters. The number of ether oxygens (including phenoxy) is 1. The van der Waals surface area contributed by atoms with Crippen LogP contribution >= 0.6 is 0 Å². The predicted molar refractivity (Wildman–Crippen MR) is 91.2 cm³/mol. The lowest BCUT2D eigenvalue weighted by atomic mass is 9.83. The topological polar surface area (TPSA) is 76.5 Å². The van der Waals surface area contributed by atoms with Gasteiger partial charge in [-0.2, -0.15) is 5.10 Å². The van der Waals surface area contributed by atoms with Gasteiger partial charge in [0.15, 0.2) is 5.75 Å². The second-order valence-corrected chi connectivity index (χ2v) is 7.64. The van der Waals surface area contributed by atoms with Crippen LogP contribution in [0.1, 0.15) is 62.5 Å². The summed E-state index contributed by atoms with van der Waals surface area (Å²) in [5.41, 5.74) is 0.377. The summed E-state index contributed by atoms with van der Waals surface area (Å²) < 4.78 is 13.8. The SMILES string of the molecule is CC(C)c1cnc(CN2CCC3(CC2)CC(O)c2nn(C)cc2O3)o1. The van der Waals surface area contributed by atoms with Crippen LogP contribution in [0, 0.1) is 0 Å². The van der Waals surface area contributed by atoms with Crippen molar-refractivity contribution in [3.05, 3.63) is 29.7 Å². The van der Waals surface area contributed by atoms with E-state index < -0.39 is 6.10 Å². The van der Waals surface area contributed by atoms with E-state index in [1.54, 1.807) is 4.68 Å². The van der Waals surface area contributed by atoms with Gasteiger partial charge in [-0.15, -0.1) is 0 Å². The van der Waals surface area contributed by atoms with Gasteiger partial charge < -0.3 is 14.3 Å². The van der Waals surface area contributed by atoms with Crippen LogP contribution in [0.4, 0.5) is 0 Å². The van der Waals surface area contributed by atoms with Crippen LogP contribution in [-0.4, -0.2) is 43.5 Å². The molecular formula is C18H26N4O3. The Balaban J connectivity index is 1.39. The molecule has 1 unspecified atom stereocenters. The minimum Gasteiger partial charge on any atom is -0.483 e. The summed E-state index contributed by atoms with van der Waals surface area (Å²) in [6.07, 6.45) is 5.52. The number of piperidine rings is 1. The standard InChI is InChI=1S/C18H26N4O3/c1-12(2)14-9-19-16(24-14)11-22-6-4-18(5-7-22)8-13(23)17-15(25-18)10-21(3)20-17/h9-10,12-13,23H,4-8,11H2,1-3H3. The van der Waals surface area contributed by atoms with E-state index in [-0.39, 0.29) is 5.60 Å². The molecule has 2 aliphatic heterocycles. The highest BCUT2D eigenvalue weighted by atomic mass is 16.5. The highest BCUT2D eigenvalue weighted by Gasteiger charge is 2.44. The van der Waals surface area contributed by atoms with Gasteiger partial charge in [-0.05, 0) is 12.8 Å². The molecule has 2 aromatic rings. The minimum atomic E-state index is -0.545. The number of oxazole rings is 1. The lowest BCUT2D eigenvalue weighted by Gasteiger charge is -2.44. The summed E-state index contributed by atoms with van der Waals surface area (Å²) in [6.45, 7) is 6.74. The van der Waals surface area contributed by atoms with Crippen molar-refractivity contribution in [1.82, 2.24) is 19.7 Å². The zero-order chi connectivity index (χ0) is 17.6. The third kappa shape index (κ3) is 3.18. The predicted octanol–water partition coefficient (Wildman–Crippen LogP) is 2.38. The molecule has 25 heavy (non-hydrogen) atoms. The van der Waals surface area contributed by atoms with Crippen molar-refractivity contribution in [3.63, 3.8) is 0 Å². The van der Waals surface area contributed by atoms with Crippen molar-refractivity contribution in [1.29, 1.82) is 0 Å². The van der Waals surface area contributed by atoms with Crippen molar-refractivity contribution in [2.75, 3.05) is 13.1 Å². The van der Waals surface area contributed by atoms with E-state index in [9.17, 15) is 5.11 Å². The molecule has 7 nitrogen and oxygen atoms in total. The Morgan fingerprint density at radius 1 is 1.36 bits per heavy atom. The second-order valence-electron chi connectivity index (χ2n) is 7.64. The molecule has 0 radical (unpaired) electrons. The highest BCUT2D eigenvalue weighted by Crippen LogP contribution is 2.43. The van der Waals surface area contributed by atoms with Gasteiger partial charge in [-0.25, -0.2) is 4.98 Å². The number of aliphatic hydroxyl groups is 1. The van der Waals surface area contributed by atoms with Crippen molar-refractivity contribution >= 4 is 0 Å². The Bertz CT molecular complexity index is 743. The molecular weight excluding hydrogens is 320 g/mol. The van der Waals surface area contributed by atoms with Crippen LogP contribution < -0.4 is 4.74 Å². The molecule has 2 aliphatic rings. The van der Waals surface area contributed by atoms with Gasteiger partial charge in [0.1, 0.15) is 23.2 Å². The average molecular weight is 346 g/mol. The van der Waals surface area contributed by atoms with E-state index in [1.807, 2.05) is 19.4 Å². The molecule has 0 saturated carbocycles. The Morgan fingerprint density at radius 2 is 2.12 bits per heavy atom. The smallest absolute Gasteiger partial charge is 0.208 e. The molecule has 0 aliphatic carbocycles. The van der Waals surface area contributed by atoms with Crippen molar-refractivity contribution in [3.8, 4) is 5.75 Å². The van der Waals surface area contributed by atoms with E-state index in [4.69, 9.17) is 9.15 Å². The van der Waals surface area contributed by atoms with Crippen LogP contribution in [0.5, 0.6) is 5.75 Å². The fourth-order valence-corrected chi connectivity index (χ4v) is 3.80.